The molecule has 0 bridgehead atoms. The van der Waals surface area contributed by atoms with Crippen LogP contribution in [0.1, 0.15) is 13.8 Å². The van der Waals surface area contributed by atoms with Crippen LogP contribution in [0.25, 0.3) is 0 Å². The second-order valence-electron chi connectivity index (χ2n) is 4.23. The molecular formula is C12H16Br2N2O2. The van der Waals surface area contributed by atoms with Gasteiger partial charge in [0, 0.05) is 10.5 Å². The first-order valence-corrected chi connectivity index (χ1v) is 7.05. The van der Waals surface area contributed by atoms with E-state index in [1.165, 1.54) is 0 Å². The fourth-order valence-electron chi connectivity index (χ4n) is 1.30. The highest BCUT2D eigenvalue weighted by Crippen LogP contribution is 2.34. The normalized spacial score (nSPS) is 12.4. The summed E-state index contributed by atoms with van der Waals surface area (Å²) in [4.78, 5) is 11.9. The van der Waals surface area contributed by atoms with Crippen LogP contribution in [-0.2, 0) is 4.79 Å². The average molecular weight is 380 g/mol. The molecule has 4 nitrogen and oxygen atoms in total. The predicted octanol–water partition coefficient (Wildman–Crippen LogP) is 3.14. The van der Waals surface area contributed by atoms with Crippen LogP contribution in [0.15, 0.2) is 21.1 Å². The quantitative estimate of drug-likeness (QED) is 0.844. The van der Waals surface area contributed by atoms with Gasteiger partial charge < -0.3 is 15.8 Å². The molecule has 0 aliphatic rings. The minimum atomic E-state index is -0.536. The minimum Gasteiger partial charge on any atom is -0.495 e. The molecule has 18 heavy (non-hydrogen) atoms. The SMILES string of the molecule is COc1cc(NC(=O)C(N)C(C)C)c(Br)cc1Br. The molecule has 1 rings (SSSR count). The van der Waals surface area contributed by atoms with Gasteiger partial charge >= 0.3 is 0 Å². The lowest BCUT2D eigenvalue weighted by molar-refractivity contribution is -0.118. The molecule has 1 atom stereocenters. The minimum absolute atomic E-state index is 0.0844. The fourth-order valence-corrected chi connectivity index (χ4v) is 2.56. The first kappa shape index (κ1) is 15.5. The van der Waals surface area contributed by atoms with Crippen molar-refractivity contribution in [2.45, 2.75) is 19.9 Å². The molecule has 0 fully saturated rings. The molecule has 6 heteroatoms. The topological polar surface area (TPSA) is 64.3 Å². The zero-order valence-electron chi connectivity index (χ0n) is 10.5. The van der Waals surface area contributed by atoms with E-state index in [2.05, 4.69) is 37.2 Å². The maximum atomic E-state index is 11.9. The highest BCUT2D eigenvalue weighted by molar-refractivity contribution is 9.11. The summed E-state index contributed by atoms with van der Waals surface area (Å²) in [5, 5.41) is 2.78. The lowest BCUT2D eigenvalue weighted by Crippen LogP contribution is -2.39. The molecule has 0 radical (unpaired) electrons. The van der Waals surface area contributed by atoms with Gasteiger partial charge in [0.1, 0.15) is 5.75 Å². The number of ether oxygens (including phenoxy) is 1. The molecule has 1 unspecified atom stereocenters. The number of carbonyl (C=O) groups is 1. The van der Waals surface area contributed by atoms with Crippen LogP contribution in [-0.4, -0.2) is 19.1 Å². The number of halogens is 2. The number of nitrogens with two attached hydrogens (primary N) is 1. The summed E-state index contributed by atoms with van der Waals surface area (Å²) in [7, 11) is 1.57. The van der Waals surface area contributed by atoms with E-state index in [0.717, 1.165) is 8.95 Å². The van der Waals surface area contributed by atoms with Crippen LogP contribution in [0, 0.1) is 5.92 Å². The van der Waals surface area contributed by atoms with Gasteiger partial charge in [-0.25, -0.2) is 0 Å². The van der Waals surface area contributed by atoms with Crippen molar-refractivity contribution in [3.8, 4) is 5.75 Å². The maximum Gasteiger partial charge on any atom is 0.241 e. The van der Waals surface area contributed by atoms with Crippen molar-refractivity contribution in [1.29, 1.82) is 0 Å². The summed E-state index contributed by atoms with van der Waals surface area (Å²) >= 11 is 6.75. The Morgan fingerprint density at radius 1 is 1.33 bits per heavy atom. The van der Waals surface area contributed by atoms with Crippen molar-refractivity contribution in [2.75, 3.05) is 12.4 Å². The first-order valence-electron chi connectivity index (χ1n) is 5.46. The Kier molecular flexibility index (Phi) is 5.62. The smallest absolute Gasteiger partial charge is 0.241 e. The van der Waals surface area contributed by atoms with Gasteiger partial charge in [-0.05, 0) is 43.8 Å². The Hall–Kier alpha value is -0.590. The molecular weight excluding hydrogens is 364 g/mol. The fraction of sp³-hybridized carbons (Fsp3) is 0.417. The van der Waals surface area contributed by atoms with Crippen LogP contribution in [0.2, 0.25) is 0 Å². The Bertz CT molecular complexity index is 450. The van der Waals surface area contributed by atoms with E-state index < -0.39 is 6.04 Å². The van der Waals surface area contributed by atoms with Crippen molar-refractivity contribution in [2.24, 2.45) is 11.7 Å². The van der Waals surface area contributed by atoms with Gasteiger partial charge in [-0.2, -0.15) is 0 Å². The number of hydrogen-bond acceptors (Lipinski definition) is 3. The molecule has 0 heterocycles. The summed E-state index contributed by atoms with van der Waals surface area (Å²) in [5.74, 6) is 0.516. The summed E-state index contributed by atoms with van der Waals surface area (Å²) in [6.45, 7) is 3.81. The second kappa shape index (κ2) is 6.54. The number of carbonyl (C=O) groups excluding carboxylic acids is 1. The molecule has 100 valence electrons. The number of hydrogen-bond donors (Lipinski definition) is 2. The van der Waals surface area contributed by atoms with E-state index >= 15 is 0 Å². The highest BCUT2D eigenvalue weighted by Gasteiger charge is 2.18. The molecule has 0 aliphatic heterocycles. The lowest BCUT2D eigenvalue weighted by atomic mass is 10.0. The third kappa shape index (κ3) is 3.70. The van der Waals surface area contributed by atoms with Gasteiger partial charge in [0.05, 0.1) is 23.3 Å². The Morgan fingerprint density at radius 3 is 2.44 bits per heavy atom. The Morgan fingerprint density at radius 2 is 1.94 bits per heavy atom. The lowest BCUT2D eigenvalue weighted by Gasteiger charge is -2.17. The molecule has 0 saturated carbocycles. The summed E-state index contributed by atoms with van der Waals surface area (Å²) < 4.78 is 6.75. The van der Waals surface area contributed by atoms with Gasteiger partial charge in [0.2, 0.25) is 5.91 Å². The Labute approximate surface area is 124 Å². The molecule has 1 amide bonds. The molecule has 0 saturated heterocycles. The van der Waals surface area contributed by atoms with Gasteiger partial charge in [-0.1, -0.05) is 13.8 Å². The zero-order chi connectivity index (χ0) is 13.9. The summed E-state index contributed by atoms with van der Waals surface area (Å²) in [5.41, 5.74) is 6.43. The zero-order valence-corrected chi connectivity index (χ0v) is 13.6. The summed E-state index contributed by atoms with van der Waals surface area (Å²) in [6.07, 6.45) is 0. The van der Waals surface area contributed by atoms with Gasteiger partial charge in [0.15, 0.2) is 0 Å². The highest BCUT2D eigenvalue weighted by atomic mass is 79.9. The van der Waals surface area contributed by atoms with E-state index in [9.17, 15) is 4.79 Å². The number of methoxy groups -OCH3 is 1. The van der Waals surface area contributed by atoms with E-state index in [1.807, 2.05) is 19.9 Å². The van der Waals surface area contributed by atoms with Crippen LogP contribution < -0.4 is 15.8 Å². The number of benzene rings is 1. The third-order valence-corrected chi connectivity index (χ3v) is 3.80. The number of rotatable bonds is 4. The van der Waals surface area contributed by atoms with Crippen LogP contribution >= 0.6 is 31.9 Å². The Balaban J connectivity index is 2.94. The van der Waals surface area contributed by atoms with Crippen LogP contribution in [0.3, 0.4) is 0 Å². The van der Waals surface area contributed by atoms with Gasteiger partial charge in [-0.3, -0.25) is 4.79 Å². The standard InChI is InChI=1S/C12H16Br2N2O2/c1-6(2)11(15)12(17)16-9-5-10(18-3)8(14)4-7(9)13/h4-6,11H,15H2,1-3H3,(H,16,17). The monoisotopic (exact) mass is 378 g/mol. The molecule has 1 aromatic carbocycles. The molecule has 0 spiro atoms. The summed E-state index contributed by atoms with van der Waals surface area (Å²) in [6, 6.07) is 3.01. The van der Waals surface area contributed by atoms with Crippen molar-refractivity contribution >= 4 is 43.5 Å². The number of anilines is 1. The number of amides is 1. The molecule has 0 aliphatic carbocycles. The van der Waals surface area contributed by atoms with Crippen molar-refractivity contribution in [1.82, 2.24) is 0 Å². The van der Waals surface area contributed by atoms with E-state index in [1.54, 1.807) is 13.2 Å². The third-order valence-electron chi connectivity index (χ3n) is 2.52. The predicted molar refractivity (Wildman–Crippen MR) is 79.8 cm³/mol. The van der Waals surface area contributed by atoms with Gasteiger partial charge in [-0.15, -0.1) is 0 Å². The second-order valence-corrected chi connectivity index (χ2v) is 5.93. The maximum absolute atomic E-state index is 11.9. The van der Waals surface area contributed by atoms with E-state index in [4.69, 9.17) is 10.5 Å². The van der Waals surface area contributed by atoms with Crippen molar-refractivity contribution < 1.29 is 9.53 Å². The largest absolute Gasteiger partial charge is 0.495 e. The molecule has 1 aromatic rings. The molecule has 3 N–H and O–H groups in total. The molecule has 0 aromatic heterocycles. The first-order chi connectivity index (χ1) is 8.36. The van der Waals surface area contributed by atoms with Crippen LogP contribution in [0.5, 0.6) is 5.75 Å². The van der Waals surface area contributed by atoms with Crippen molar-refractivity contribution in [3.63, 3.8) is 0 Å². The van der Waals surface area contributed by atoms with E-state index in [0.29, 0.717) is 11.4 Å². The van der Waals surface area contributed by atoms with Crippen molar-refractivity contribution in [3.05, 3.63) is 21.1 Å². The van der Waals surface area contributed by atoms with E-state index in [-0.39, 0.29) is 11.8 Å². The average Bonchev–Trinajstić information content (AvgIpc) is 2.31. The number of nitrogens with one attached hydrogen (secondary N) is 1. The van der Waals surface area contributed by atoms with Gasteiger partial charge in [0.25, 0.3) is 0 Å². The van der Waals surface area contributed by atoms with Crippen LogP contribution in [0.4, 0.5) is 5.69 Å².